The number of thiazole rings is 1. The summed E-state index contributed by atoms with van der Waals surface area (Å²) < 4.78 is 1.84. The van der Waals surface area contributed by atoms with Gasteiger partial charge < -0.3 is 10.0 Å². The van der Waals surface area contributed by atoms with Crippen molar-refractivity contribution >= 4 is 28.4 Å². The standard InChI is InChI=1S/C13H15N3O2S/c17-7-10-12(14-13-16(10)3-4-19-13)15-5-8-1-2-11(18)9(8)6-15/h3-4,7-9,11,18H,1-2,5-6H2. The van der Waals surface area contributed by atoms with E-state index in [1.54, 1.807) is 0 Å². The zero-order chi connectivity index (χ0) is 13.0. The molecular weight excluding hydrogens is 262 g/mol. The van der Waals surface area contributed by atoms with Crippen LogP contribution in [0.2, 0.25) is 0 Å². The van der Waals surface area contributed by atoms with Gasteiger partial charge in [0.1, 0.15) is 5.69 Å². The van der Waals surface area contributed by atoms with Gasteiger partial charge in [-0.05, 0) is 18.8 Å². The van der Waals surface area contributed by atoms with Gasteiger partial charge >= 0.3 is 0 Å². The van der Waals surface area contributed by atoms with Gasteiger partial charge in [0.2, 0.25) is 0 Å². The number of nitrogens with zero attached hydrogens (tertiary/aromatic N) is 3. The smallest absolute Gasteiger partial charge is 0.196 e. The molecule has 1 saturated heterocycles. The number of aliphatic hydroxyl groups excluding tert-OH is 1. The van der Waals surface area contributed by atoms with Crippen LogP contribution >= 0.6 is 11.3 Å². The van der Waals surface area contributed by atoms with Crippen molar-refractivity contribution in [1.29, 1.82) is 0 Å². The predicted molar refractivity (Wildman–Crippen MR) is 72.9 cm³/mol. The Morgan fingerprint density at radius 2 is 2.32 bits per heavy atom. The molecule has 6 heteroatoms. The van der Waals surface area contributed by atoms with Crippen LogP contribution in [0.5, 0.6) is 0 Å². The Balaban J connectivity index is 1.71. The molecule has 0 radical (unpaired) electrons. The highest BCUT2D eigenvalue weighted by Crippen LogP contribution is 2.40. The number of aldehydes is 1. The Morgan fingerprint density at radius 3 is 3.11 bits per heavy atom. The van der Waals surface area contributed by atoms with Crippen molar-refractivity contribution in [3.8, 4) is 0 Å². The zero-order valence-electron chi connectivity index (χ0n) is 10.4. The molecule has 100 valence electrons. The van der Waals surface area contributed by atoms with E-state index in [0.717, 1.165) is 43.0 Å². The number of fused-ring (bicyclic) bond motifs is 2. The molecule has 2 fully saturated rings. The summed E-state index contributed by atoms with van der Waals surface area (Å²) in [5.74, 6) is 1.68. The lowest BCUT2D eigenvalue weighted by atomic mass is 10.00. The van der Waals surface area contributed by atoms with E-state index in [4.69, 9.17) is 0 Å². The summed E-state index contributed by atoms with van der Waals surface area (Å²) in [4.78, 5) is 18.9. The molecule has 19 heavy (non-hydrogen) atoms. The normalized spacial score (nSPS) is 30.2. The molecule has 0 amide bonds. The van der Waals surface area contributed by atoms with Crippen molar-refractivity contribution in [2.24, 2.45) is 11.8 Å². The SMILES string of the molecule is O=Cc1c(N2CC3CCC(O)C3C2)nc2sccn12. The second-order valence-corrected chi connectivity index (χ2v) is 6.34. The van der Waals surface area contributed by atoms with E-state index in [9.17, 15) is 9.90 Å². The molecule has 1 aliphatic heterocycles. The summed E-state index contributed by atoms with van der Waals surface area (Å²) >= 11 is 1.54. The number of rotatable bonds is 2. The number of imidazole rings is 1. The van der Waals surface area contributed by atoms with Crippen molar-refractivity contribution in [2.75, 3.05) is 18.0 Å². The van der Waals surface area contributed by atoms with Crippen LogP contribution in [0.25, 0.3) is 4.96 Å². The summed E-state index contributed by atoms with van der Waals surface area (Å²) in [6.45, 7) is 1.73. The molecule has 1 saturated carbocycles. The van der Waals surface area contributed by atoms with Crippen molar-refractivity contribution in [1.82, 2.24) is 9.38 Å². The Bertz CT molecular complexity index is 635. The fraction of sp³-hybridized carbons (Fsp3) is 0.538. The third kappa shape index (κ3) is 1.56. The first-order chi connectivity index (χ1) is 9.28. The number of carbonyl (C=O) groups is 1. The molecule has 3 atom stereocenters. The Morgan fingerprint density at radius 1 is 1.42 bits per heavy atom. The Kier molecular flexibility index (Phi) is 2.43. The molecule has 1 N–H and O–H groups in total. The molecule has 3 heterocycles. The van der Waals surface area contributed by atoms with Crippen molar-refractivity contribution in [3.63, 3.8) is 0 Å². The predicted octanol–water partition coefficient (Wildman–Crippen LogP) is 1.42. The highest BCUT2D eigenvalue weighted by atomic mass is 32.1. The van der Waals surface area contributed by atoms with E-state index in [0.29, 0.717) is 17.5 Å². The number of hydrogen-bond donors (Lipinski definition) is 1. The summed E-state index contributed by atoms with van der Waals surface area (Å²) in [6, 6.07) is 0. The van der Waals surface area contributed by atoms with Gasteiger partial charge in [0.05, 0.1) is 6.10 Å². The molecule has 2 aliphatic rings. The van der Waals surface area contributed by atoms with Crippen molar-refractivity contribution in [2.45, 2.75) is 18.9 Å². The lowest BCUT2D eigenvalue weighted by Gasteiger charge is -2.18. The molecule has 0 spiro atoms. The minimum Gasteiger partial charge on any atom is -0.393 e. The maximum absolute atomic E-state index is 11.3. The van der Waals surface area contributed by atoms with E-state index in [1.165, 1.54) is 11.3 Å². The minimum absolute atomic E-state index is 0.182. The average Bonchev–Trinajstić information content (AvgIpc) is 3.10. The van der Waals surface area contributed by atoms with Crippen LogP contribution in [0.3, 0.4) is 0 Å². The fourth-order valence-electron chi connectivity index (χ4n) is 3.54. The minimum atomic E-state index is -0.182. The van der Waals surface area contributed by atoms with Gasteiger partial charge in [-0.25, -0.2) is 4.98 Å². The van der Waals surface area contributed by atoms with Gasteiger partial charge in [-0.15, -0.1) is 11.3 Å². The molecule has 2 aromatic heterocycles. The van der Waals surface area contributed by atoms with E-state index >= 15 is 0 Å². The van der Waals surface area contributed by atoms with Gasteiger partial charge in [0, 0.05) is 30.6 Å². The van der Waals surface area contributed by atoms with E-state index < -0.39 is 0 Å². The number of aliphatic hydroxyl groups is 1. The van der Waals surface area contributed by atoms with Crippen LogP contribution in [0, 0.1) is 11.8 Å². The van der Waals surface area contributed by atoms with Gasteiger partial charge in [-0.1, -0.05) is 0 Å². The first kappa shape index (κ1) is 11.4. The molecular formula is C13H15N3O2S. The molecule has 5 nitrogen and oxygen atoms in total. The lowest BCUT2D eigenvalue weighted by molar-refractivity contribution is 0.111. The maximum atomic E-state index is 11.3. The van der Waals surface area contributed by atoms with Gasteiger partial charge in [-0.3, -0.25) is 9.20 Å². The number of hydrogen-bond acceptors (Lipinski definition) is 5. The van der Waals surface area contributed by atoms with Crippen molar-refractivity contribution in [3.05, 3.63) is 17.3 Å². The van der Waals surface area contributed by atoms with Gasteiger partial charge in [-0.2, -0.15) is 0 Å². The zero-order valence-corrected chi connectivity index (χ0v) is 11.2. The summed E-state index contributed by atoms with van der Waals surface area (Å²) in [5, 5.41) is 11.9. The quantitative estimate of drug-likeness (QED) is 0.843. The summed E-state index contributed by atoms with van der Waals surface area (Å²) in [6.07, 6.45) is 4.58. The molecule has 0 aromatic carbocycles. The van der Waals surface area contributed by atoms with E-state index in [-0.39, 0.29) is 6.10 Å². The Labute approximate surface area is 114 Å². The van der Waals surface area contributed by atoms with Crippen molar-refractivity contribution < 1.29 is 9.90 Å². The van der Waals surface area contributed by atoms with Crippen LogP contribution in [0.1, 0.15) is 23.3 Å². The summed E-state index contributed by atoms with van der Waals surface area (Å²) in [5.41, 5.74) is 0.630. The molecule has 0 bridgehead atoms. The number of anilines is 1. The second-order valence-electron chi connectivity index (χ2n) is 5.47. The fourth-order valence-corrected chi connectivity index (χ4v) is 4.26. The highest BCUT2D eigenvalue weighted by molar-refractivity contribution is 7.15. The Hall–Kier alpha value is -1.40. The molecule has 3 unspecified atom stereocenters. The van der Waals surface area contributed by atoms with E-state index in [1.807, 2.05) is 16.0 Å². The monoisotopic (exact) mass is 277 g/mol. The second kappa shape index (κ2) is 4.05. The number of carbonyl (C=O) groups excluding carboxylic acids is 1. The molecule has 4 rings (SSSR count). The third-order valence-corrected chi connectivity index (χ3v) is 5.27. The molecule has 1 aliphatic carbocycles. The van der Waals surface area contributed by atoms with Crippen LogP contribution < -0.4 is 4.90 Å². The van der Waals surface area contributed by atoms with Crippen LogP contribution in [-0.2, 0) is 0 Å². The topological polar surface area (TPSA) is 57.8 Å². The van der Waals surface area contributed by atoms with Gasteiger partial charge in [0.15, 0.2) is 17.1 Å². The first-order valence-corrected chi connectivity index (χ1v) is 7.49. The van der Waals surface area contributed by atoms with Gasteiger partial charge in [0.25, 0.3) is 0 Å². The lowest BCUT2D eigenvalue weighted by Crippen LogP contribution is -2.25. The third-order valence-electron chi connectivity index (χ3n) is 4.51. The largest absolute Gasteiger partial charge is 0.393 e. The number of aromatic nitrogens is 2. The summed E-state index contributed by atoms with van der Waals surface area (Å²) in [7, 11) is 0. The van der Waals surface area contributed by atoms with Crippen LogP contribution in [0.15, 0.2) is 11.6 Å². The van der Waals surface area contributed by atoms with Crippen LogP contribution in [0.4, 0.5) is 5.82 Å². The first-order valence-electron chi connectivity index (χ1n) is 6.61. The molecule has 2 aromatic rings. The highest BCUT2D eigenvalue weighted by Gasteiger charge is 2.43. The van der Waals surface area contributed by atoms with E-state index in [2.05, 4.69) is 9.88 Å². The average molecular weight is 277 g/mol. The maximum Gasteiger partial charge on any atom is 0.196 e. The van der Waals surface area contributed by atoms with Crippen LogP contribution in [-0.4, -0.2) is 40.0 Å².